The third-order valence-corrected chi connectivity index (χ3v) is 5.33. The van der Waals surface area contributed by atoms with Crippen molar-refractivity contribution in [3.05, 3.63) is 34.2 Å². The molecule has 1 N–H and O–H groups in total. The molecule has 1 aromatic heterocycles. The van der Waals surface area contributed by atoms with Crippen molar-refractivity contribution in [2.75, 3.05) is 26.2 Å². The molecule has 0 saturated carbocycles. The molecule has 2 heterocycles. The standard InChI is InChI=1S/C15H17ClN2OS/c16-13-11-5-1-2-6-12(11)20-14(13)15(19)17-7-10-18-8-3-4-9-18/h1-2,5-6H,3-4,7-10H2,(H,17,19). The number of fused-ring (bicyclic) bond motifs is 1. The first-order valence-electron chi connectivity index (χ1n) is 6.93. The molecule has 3 rings (SSSR count). The van der Waals surface area contributed by atoms with Crippen molar-refractivity contribution in [3.63, 3.8) is 0 Å². The normalized spacial score (nSPS) is 15.8. The first kappa shape index (κ1) is 13.9. The number of amides is 1. The van der Waals surface area contributed by atoms with Gasteiger partial charge in [-0.15, -0.1) is 11.3 Å². The average molecular weight is 309 g/mol. The number of hydrogen-bond acceptors (Lipinski definition) is 3. The van der Waals surface area contributed by atoms with Gasteiger partial charge in [0.25, 0.3) is 5.91 Å². The van der Waals surface area contributed by atoms with Crippen molar-refractivity contribution in [1.29, 1.82) is 0 Å². The van der Waals surface area contributed by atoms with E-state index in [9.17, 15) is 4.79 Å². The molecule has 20 heavy (non-hydrogen) atoms. The molecule has 0 aliphatic carbocycles. The molecule has 0 atom stereocenters. The van der Waals surface area contributed by atoms with Gasteiger partial charge in [-0.25, -0.2) is 0 Å². The van der Waals surface area contributed by atoms with Crippen molar-refractivity contribution in [2.24, 2.45) is 0 Å². The molecular formula is C15H17ClN2OS. The Morgan fingerprint density at radius 2 is 2.05 bits per heavy atom. The number of carbonyl (C=O) groups excluding carboxylic acids is 1. The zero-order chi connectivity index (χ0) is 13.9. The molecule has 1 aliphatic heterocycles. The zero-order valence-electron chi connectivity index (χ0n) is 11.2. The van der Waals surface area contributed by atoms with E-state index in [-0.39, 0.29) is 5.91 Å². The Bertz CT molecular complexity index is 619. The molecule has 1 fully saturated rings. The summed E-state index contributed by atoms with van der Waals surface area (Å²) in [6, 6.07) is 7.85. The lowest BCUT2D eigenvalue weighted by atomic mass is 10.2. The van der Waals surface area contributed by atoms with Crippen LogP contribution in [0.15, 0.2) is 24.3 Å². The largest absolute Gasteiger partial charge is 0.350 e. The number of benzene rings is 1. The van der Waals surface area contributed by atoms with Crippen molar-refractivity contribution in [3.8, 4) is 0 Å². The second-order valence-corrected chi connectivity index (χ2v) is 6.48. The van der Waals surface area contributed by atoms with Gasteiger partial charge in [0.1, 0.15) is 4.88 Å². The number of hydrogen-bond donors (Lipinski definition) is 1. The summed E-state index contributed by atoms with van der Waals surface area (Å²) in [6.45, 7) is 3.91. The van der Waals surface area contributed by atoms with Gasteiger partial charge < -0.3 is 10.2 Å². The molecule has 1 amide bonds. The highest BCUT2D eigenvalue weighted by molar-refractivity contribution is 7.21. The zero-order valence-corrected chi connectivity index (χ0v) is 12.8. The van der Waals surface area contributed by atoms with E-state index in [2.05, 4.69) is 10.2 Å². The van der Waals surface area contributed by atoms with E-state index in [0.717, 1.165) is 29.7 Å². The highest BCUT2D eigenvalue weighted by Gasteiger charge is 2.17. The van der Waals surface area contributed by atoms with Crippen LogP contribution in [0.4, 0.5) is 0 Å². The maximum Gasteiger partial charge on any atom is 0.262 e. The van der Waals surface area contributed by atoms with E-state index in [0.29, 0.717) is 16.4 Å². The van der Waals surface area contributed by atoms with Crippen LogP contribution in [0.2, 0.25) is 5.02 Å². The molecule has 106 valence electrons. The maximum atomic E-state index is 12.2. The van der Waals surface area contributed by atoms with Gasteiger partial charge in [0, 0.05) is 23.2 Å². The van der Waals surface area contributed by atoms with Crippen LogP contribution in [0.5, 0.6) is 0 Å². The summed E-state index contributed by atoms with van der Waals surface area (Å²) >= 11 is 7.75. The molecule has 1 saturated heterocycles. The Kier molecular flexibility index (Phi) is 4.24. The van der Waals surface area contributed by atoms with Crippen LogP contribution in [-0.2, 0) is 0 Å². The number of rotatable bonds is 4. The van der Waals surface area contributed by atoms with Gasteiger partial charge in [-0.1, -0.05) is 29.8 Å². The predicted octanol–water partition coefficient (Wildman–Crippen LogP) is 3.38. The van der Waals surface area contributed by atoms with E-state index in [1.807, 2.05) is 24.3 Å². The summed E-state index contributed by atoms with van der Waals surface area (Å²) in [6.07, 6.45) is 2.55. The number of thiophene rings is 1. The lowest BCUT2D eigenvalue weighted by Gasteiger charge is -2.14. The van der Waals surface area contributed by atoms with Crippen molar-refractivity contribution in [1.82, 2.24) is 10.2 Å². The van der Waals surface area contributed by atoms with E-state index in [4.69, 9.17) is 11.6 Å². The van der Waals surface area contributed by atoms with Crippen LogP contribution in [0.3, 0.4) is 0 Å². The number of halogens is 1. The quantitative estimate of drug-likeness (QED) is 0.939. The van der Waals surface area contributed by atoms with Gasteiger partial charge in [-0.3, -0.25) is 4.79 Å². The van der Waals surface area contributed by atoms with Crippen LogP contribution in [0.25, 0.3) is 10.1 Å². The van der Waals surface area contributed by atoms with Crippen LogP contribution < -0.4 is 5.32 Å². The first-order valence-corrected chi connectivity index (χ1v) is 8.13. The van der Waals surface area contributed by atoms with Gasteiger partial charge in [-0.2, -0.15) is 0 Å². The number of likely N-dealkylation sites (tertiary alicyclic amines) is 1. The van der Waals surface area contributed by atoms with Crippen molar-refractivity contribution < 1.29 is 4.79 Å². The van der Waals surface area contributed by atoms with Gasteiger partial charge in [0.2, 0.25) is 0 Å². The Morgan fingerprint density at radius 1 is 1.30 bits per heavy atom. The second kappa shape index (κ2) is 6.12. The fourth-order valence-electron chi connectivity index (χ4n) is 2.57. The summed E-state index contributed by atoms with van der Waals surface area (Å²) in [5.74, 6) is -0.0598. The molecule has 1 aliphatic rings. The fourth-order valence-corrected chi connectivity index (χ4v) is 4.01. The van der Waals surface area contributed by atoms with E-state index in [1.54, 1.807) is 0 Å². The van der Waals surface area contributed by atoms with Crippen LogP contribution in [0.1, 0.15) is 22.5 Å². The summed E-state index contributed by atoms with van der Waals surface area (Å²) < 4.78 is 1.06. The highest BCUT2D eigenvalue weighted by atomic mass is 35.5. The van der Waals surface area contributed by atoms with Gasteiger partial charge in [0.05, 0.1) is 5.02 Å². The molecule has 0 bridgehead atoms. The van der Waals surface area contributed by atoms with Crippen LogP contribution in [0, 0.1) is 0 Å². The SMILES string of the molecule is O=C(NCCN1CCCC1)c1sc2ccccc2c1Cl. The topological polar surface area (TPSA) is 32.3 Å². The van der Waals surface area contributed by atoms with Crippen molar-refractivity contribution >= 4 is 38.9 Å². The molecule has 0 unspecified atom stereocenters. The first-order chi connectivity index (χ1) is 9.75. The highest BCUT2D eigenvalue weighted by Crippen LogP contribution is 2.34. The van der Waals surface area contributed by atoms with Crippen molar-refractivity contribution in [2.45, 2.75) is 12.8 Å². The lowest BCUT2D eigenvalue weighted by molar-refractivity contribution is 0.0954. The van der Waals surface area contributed by atoms with Crippen LogP contribution in [-0.4, -0.2) is 37.0 Å². The minimum atomic E-state index is -0.0598. The van der Waals surface area contributed by atoms with Crippen LogP contribution >= 0.6 is 22.9 Å². The van der Waals surface area contributed by atoms with Gasteiger partial charge in [-0.05, 0) is 32.0 Å². The predicted molar refractivity (Wildman–Crippen MR) is 84.8 cm³/mol. The minimum absolute atomic E-state index is 0.0598. The number of nitrogens with one attached hydrogen (secondary N) is 1. The molecule has 0 radical (unpaired) electrons. The maximum absolute atomic E-state index is 12.2. The summed E-state index contributed by atoms with van der Waals surface area (Å²) in [4.78, 5) is 15.2. The van der Waals surface area contributed by atoms with Gasteiger partial charge in [0.15, 0.2) is 0 Å². The Morgan fingerprint density at radius 3 is 2.80 bits per heavy atom. The number of nitrogens with zero attached hydrogens (tertiary/aromatic N) is 1. The summed E-state index contributed by atoms with van der Waals surface area (Å²) in [5, 5.41) is 4.51. The van der Waals surface area contributed by atoms with Gasteiger partial charge >= 0.3 is 0 Å². The summed E-state index contributed by atoms with van der Waals surface area (Å²) in [5.41, 5.74) is 0. The lowest BCUT2D eigenvalue weighted by Crippen LogP contribution is -2.33. The average Bonchev–Trinajstić information content (AvgIpc) is 3.08. The van der Waals surface area contributed by atoms with E-state index < -0.39 is 0 Å². The Labute approximate surface area is 127 Å². The third-order valence-electron chi connectivity index (χ3n) is 3.65. The molecule has 5 heteroatoms. The molecule has 0 spiro atoms. The molecular weight excluding hydrogens is 292 g/mol. The monoisotopic (exact) mass is 308 g/mol. The Hall–Kier alpha value is -1.10. The fraction of sp³-hybridized carbons (Fsp3) is 0.400. The third kappa shape index (κ3) is 2.82. The summed E-state index contributed by atoms with van der Waals surface area (Å²) in [7, 11) is 0. The molecule has 2 aromatic rings. The number of carbonyl (C=O) groups is 1. The minimum Gasteiger partial charge on any atom is -0.350 e. The molecule has 3 nitrogen and oxygen atoms in total. The smallest absolute Gasteiger partial charge is 0.262 e. The van der Waals surface area contributed by atoms with E-state index >= 15 is 0 Å². The van der Waals surface area contributed by atoms with E-state index in [1.165, 1.54) is 24.2 Å². The Balaban J connectivity index is 1.64. The molecule has 1 aromatic carbocycles. The second-order valence-electron chi connectivity index (χ2n) is 5.05.